The SMILES string of the molecule is O=C(O)C1CC2C=CC1(CCCO)CC2. The van der Waals surface area contributed by atoms with Gasteiger partial charge in [0.2, 0.25) is 0 Å². The lowest BCUT2D eigenvalue weighted by molar-refractivity contribution is -0.148. The van der Waals surface area contributed by atoms with Crippen LogP contribution in [-0.2, 0) is 4.79 Å². The Morgan fingerprint density at radius 2 is 2.33 bits per heavy atom. The molecule has 0 heterocycles. The van der Waals surface area contributed by atoms with E-state index in [0.29, 0.717) is 12.3 Å². The molecule has 3 atom stereocenters. The van der Waals surface area contributed by atoms with Gasteiger partial charge in [-0.3, -0.25) is 4.79 Å². The predicted molar refractivity (Wildman–Crippen MR) is 56.4 cm³/mol. The number of carboxylic acids is 1. The largest absolute Gasteiger partial charge is 0.481 e. The van der Waals surface area contributed by atoms with Crippen LogP contribution in [0.2, 0.25) is 0 Å². The van der Waals surface area contributed by atoms with Crippen molar-refractivity contribution in [2.24, 2.45) is 17.3 Å². The summed E-state index contributed by atoms with van der Waals surface area (Å²) in [5, 5.41) is 18.1. The average molecular weight is 210 g/mol. The molecule has 3 aliphatic rings. The fraction of sp³-hybridized carbons (Fsp3) is 0.750. The molecule has 3 unspecified atom stereocenters. The number of aliphatic hydroxyl groups excluding tert-OH is 1. The molecule has 3 aliphatic carbocycles. The summed E-state index contributed by atoms with van der Waals surface area (Å²) in [6.45, 7) is 0.158. The molecule has 1 saturated carbocycles. The lowest BCUT2D eigenvalue weighted by Crippen LogP contribution is -2.42. The first-order valence-corrected chi connectivity index (χ1v) is 5.71. The van der Waals surface area contributed by atoms with E-state index in [1.54, 1.807) is 0 Å². The lowest BCUT2D eigenvalue weighted by Gasteiger charge is -2.46. The Bertz CT molecular complexity index is 285. The van der Waals surface area contributed by atoms with Crippen molar-refractivity contribution in [2.75, 3.05) is 6.61 Å². The second-order valence-corrected chi connectivity index (χ2v) is 4.84. The Kier molecular flexibility index (Phi) is 2.83. The molecule has 0 radical (unpaired) electrons. The number of carboxylic acid groups (broad SMARTS) is 1. The third kappa shape index (κ3) is 1.81. The summed E-state index contributed by atoms with van der Waals surface area (Å²) in [6, 6.07) is 0. The number of carbonyl (C=O) groups is 1. The lowest BCUT2D eigenvalue weighted by atomic mass is 9.57. The van der Waals surface area contributed by atoms with E-state index in [2.05, 4.69) is 12.2 Å². The van der Waals surface area contributed by atoms with Crippen LogP contribution in [0.1, 0.15) is 32.1 Å². The maximum absolute atomic E-state index is 11.2. The Labute approximate surface area is 89.8 Å². The number of aliphatic carboxylic acids is 1. The smallest absolute Gasteiger partial charge is 0.307 e. The second-order valence-electron chi connectivity index (χ2n) is 4.84. The van der Waals surface area contributed by atoms with Gasteiger partial charge in [-0.2, -0.15) is 0 Å². The highest BCUT2D eigenvalue weighted by Gasteiger charge is 2.47. The van der Waals surface area contributed by atoms with Crippen LogP contribution < -0.4 is 0 Å². The summed E-state index contributed by atoms with van der Waals surface area (Å²) < 4.78 is 0. The van der Waals surface area contributed by atoms with Crippen LogP contribution in [0.25, 0.3) is 0 Å². The van der Waals surface area contributed by atoms with E-state index in [1.807, 2.05) is 0 Å². The second kappa shape index (κ2) is 3.97. The van der Waals surface area contributed by atoms with Crippen LogP contribution in [0.4, 0.5) is 0 Å². The summed E-state index contributed by atoms with van der Waals surface area (Å²) in [5.74, 6) is -0.420. The number of fused-ring (bicyclic) bond motifs is 2. The van der Waals surface area contributed by atoms with Gasteiger partial charge in [-0.05, 0) is 38.0 Å². The van der Waals surface area contributed by atoms with Gasteiger partial charge in [-0.15, -0.1) is 0 Å². The van der Waals surface area contributed by atoms with Crippen molar-refractivity contribution >= 4 is 5.97 Å². The first-order chi connectivity index (χ1) is 7.18. The average Bonchev–Trinajstić information content (AvgIpc) is 2.27. The van der Waals surface area contributed by atoms with Gasteiger partial charge in [0.25, 0.3) is 0 Å². The Morgan fingerprint density at radius 1 is 1.53 bits per heavy atom. The molecule has 1 fully saturated rings. The van der Waals surface area contributed by atoms with Crippen molar-refractivity contribution < 1.29 is 15.0 Å². The van der Waals surface area contributed by atoms with Gasteiger partial charge in [-0.1, -0.05) is 12.2 Å². The summed E-state index contributed by atoms with van der Waals surface area (Å²) >= 11 is 0. The van der Waals surface area contributed by atoms with Gasteiger partial charge >= 0.3 is 5.97 Å². The first-order valence-electron chi connectivity index (χ1n) is 5.71. The number of hydrogen-bond acceptors (Lipinski definition) is 2. The van der Waals surface area contributed by atoms with Gasteiger partial charge in [0.1, 0.15) is 0 Å². The molecular weight excluding hydrogens is 192 g/mol. The van der Waals surface area contributed by atoms with E-state index in [1.165, 1.54) is 0 Å². The summed E-state index contributed by atoms with van der Waals surface area (Å²) in [5.41, 5.74) is -0.163. The maximum Gasteiger partial charge on any atom is 0.307 e. The van der Waals surface area contributed by atoms with Gasteiger partial charge in [0, 0.05) is 12.0 Å². The number of aliphatic hydroxyl groups is 1. The summed E-state index contributed by atoms with van der Waals surface area (Å²) in [6.07, 6.45) is 8.69. The highest BCUT2D eigenvalue weighted by Crippen LogP contribution is 2.52. The molecule has 0 aliphatic heterocycles. The highest BCUT2D eigenvalue weighted by atomic mass is 16.4. The number of allylic oxidation sites excluding steroid dienone is 2. The van der Waals surface area contributed by atoms with Crippen LogP contribution in [0.15, 0.2) is 12.2 Å². The Hall–Kier alpha value is -0.830. The molecule has 2 N–H and O–H groups in total. The molecule has 84 valence electrons. The van der Waals surface area contributed by atoms with E-state index < -0.39 is 5.97 Å². The molecule has 15 heavy (non-hydrogen) atoms. The maximum atomic E-state index is 11.2. The van der Waals surface area contributed by atoms with E-state index >= 15 is 0 Å². The van der Waals surface area contributed by atoms with Gasteiger partial charge in [0.15, 0.2) is 0 Å². The predicted octanol–water partition coefficient (Wildman–Crippen LogP) is 1.82. The molecule has 3 rings (SSSR count). The molecule has 0 aromatic rings. The highest BCUT2D eigenvalue weighted by molar-refractivity contribution is 5.72. The first kappa shape index (κ1) is 10.7. The van der Waals surface area contributed by atoms with Crippen molar-refractivity contribution in [1.82, 2.24) is 0 Å². The van der Waals surface area contributed by atoms with Gasteiger partial charge in [-0.25, -0.2) is 0 Å². The van der Waals surface area contributed by atoms with E-state index in [0.717, 1.165) is 25.7 Å². The molecule has 0 aromatic carbocycles. The Morgan fingerprint density at radius 3 is 2.87 bits per heavy atom. The third-order valence-corrected chi connectivity index (χ3v) is 4.01. The fourth-order valence-electron chi connectivity index (χ4n) is 3.12. The number of hydrogen-bond donors (Lipinski definition) is 2. The molecule has 3 heteroatoms. The van der Waals surface area contributed by atoms with E-state index in [-0.39, 0.29) is 17.9 Å². The topological polar surface area (TPSA) is 57.5 Å². The molecular formula is C12H18O3. The standard InChI is InChI=1S/C12H18O3/c13-7-1-4-12-5-2-9(3-6-12)8-10(12)11(14)15/h2,5,9-10,13H,1,3-4,6-8H2,(H,14,15). The minimum Gasteiger partial charge on any atom is -0.481 e. The van der Waals surface area contributed by atoms with Crippen molar-refractivity contribution in [3.63, 3.8) is 0 Å². The van der Waals surface area contributed by atoms with Crippen molar-refractivity contribution in [1.29, 1.82) is 0 Å². The monoisotopic (exact) mass is 210 g/mol. The molecule has 0 saturated heterocycles. The minimum absolute atomic E-state index is 0.158. The molecule has 0 spiro atoms. The van der Waals surface area contributed by atoms with Crippen LogP contribution >= 0.6 is 0 Å². The zero-order chi connectivity index (χ0) is 10.9. The van der Waals surface area contributed by atoms with Crippen LogP contribution in [0.5, 0.6) is 0 Å². The summed E-state index contributed by atoms with van der Waals surface area (Å²) in [7, 11) is 0. The van der Waals surface area contributed by atoms with E-state index in [4.69, 9.17) is 5.11 Å². The fourth-order valence-corrected chi connectivity index (χ4v) is 3.12. The molecule has 2 bridgehead atoms. The van der Waals surface area contributed by atoms with Crippen LogP contribution in [-0.4, -0.2) is 22.8 Å². The van der Waals surface area contributed by atoms with Gasteiger partial charge in [0.05, 0.1) is 5.92 Å². The van der Waals surface area contributed by atoms with Crippen molar-refractivity contribution in [2.45, 2.75) is 32.1 Å². The molecule has 0 amide bonds. The zero-order valence-corrected chi connectivity index (χ0v) is 8.85. The minimum atomic E-state index is -0.665. The van der Waals surface area contributed by atoms with Crippen molar-refractivity contribution in [3.05, 3.63) is 12.2 Å². The quantitative estimate of drug-likeness (QED) is 0.696. The van der Waals surface area contributed by atoms with Crippen LogP contribution in [0.3, 0.4) is 0 Å². The van der Waals surface area contributed by atoms with Gasteiger partial charge < -0.3 is 10.2 Å². The van der Waals surface area contributed by atoms with Crippen LogP contribution in [0, 0.1) is 17.3 Å². The van der Waals surface area contributed by atoms with E-state index in [9.17, 15) is 9.90 Å². The zero-order valence-electron chi connectivity index (χ0n) is 8.85. The summed E-state index contributed by atoms with van der Waals surface area (Å²) in [4.78, 5) is 11.2. The normalized spacial score (nSPS) is 38.2. The Balaban J connectivity index is 2.19. The third-order valence-electron chi connectivity index (χ3n) is 4.01. The molecule has 0 aromatic heterocycles. The van der Waals surface area contributed by atoms with Crippen molar-refractivity contribution in [3.8, 4) is 0 Å². The molecule has 3 nitrogen and oxygen atoms in total. The number of rotatable bonds is 4.